The molecule has 0 spiro atoms. The van der Waals surface area contributed by atoms with Crippen LogP contribution in [0.5, 0.6) is 11.5 Å². The highest BCUT2D eigenvalue weighted by atomic mass is 16.5. The van der Waals surface area contributed by atoms with Crippen LogP contribution in [0.25, 0.3) is 0 Å². The van der Waals surface area contributed by atoms with Gasteiger partial charge in [-0.15, -0.1) is 0 Å². The number of nitrogens with zero attached hydrogens (tertiary/aromatic N) is 1. The number of benzene rings is 1. The van der Waals surface area contributed by atoms with Gasteiger partial charge in [-0.25, -0.2) is 0 Å². The Labute approximate surface area is 82.5 Å². The molecule has 0 amide bonds. The van der Waals surface area contributed by atoms with Crippen LogP contribution in [0.3, 0.4) is 0 Å². The second kappa shape index (κ2) is 3.99. The molecule has 0 saturated heterocycles. The van der Waals surface area contributed by atoms with Gasteiger partial charge in [0.25, 0.3) is 0 Å². The molecule has 1 aromatic rings. The lowest BCUT2D eigenvalue weighted by molar-refractivity contribution is 0.369. The number of phenols is 1. The maximum Gasteiger partial charge on any atom is 0.163 e. The fourth-order valence-corrected chi connectivity index (χ4v) is 1.31. The molecule has 0 aliphatic carbocycles. The Morgan fingerprint density at radius 1 is 1.57 bits per heavy atom. The van der Waals surface area contributed by atoms with Gasteiger partial charge in [-0.2, -0.15) is 5.26 Å². The molecular weight excluding hydrogens is 180 g/mol. The molecule has 1 rings (SSSR count). The predicted molar refractivity (Wildman–Crippen MR) is 52.0 cm³/mol. The fourth-order valence-electron chi connectivity index (χ4n) is 1.31. The maximum atomic E-state index is 9.72. The van der Waals surface area contributed by atoms with E-state index in [-0.39, 0.29) is 5.75 Å². The molecule has 0 radical (unpaired) electrons. The summed E-state index contributed by atoms with van der Waals surface area (Å²) in [6, 6.07) is 4.69. The Morgan fingerprint density at radius 3 is 2.64 bits per heavy atom. The van der Waals surface area contributed by atoms with Crippen LogP contribution in [-0.2, 0) is 0 Å². The first-order valence-electron chi connectivity index (χ1n) is 4.17. The largest absolute Gasteiger partial charge is 0.504 e. The van der Waals surface area contributed by atoms with Crippen LogP contribution in [0.1, 0.15) is 24.1 Å². The third kappa shape index (κ3) is 1.63. The highest BCUT2D eigenvalue weighted by molar-refractivity contribution is 5.55. The minimum Gasteiger partial charge on any atom is -0.504 e. The second-order valence-corrected chi connectivity index (χ2v) is 2.98. The van der Waals surface area contributed by atoms with Gasteiger partial charge in [0.2, 0.25) is 0 Å². The smallest absolute Gasteiger partial charge is 0.163 e. The predicted octanol–water partition coefficient (Wildman–Crippen LogP) is 1.29. The molecule has 4 nitrogen and oxygen atoms in total. The van der Waals surface area contributed by atoms with Gasteiger partial charge in [-0.1, -0.05) is 0 Å². The fraction of sp³-hybridized carbons (Fsp3) is 0.300. The van der Waals surface area contributed by atoms with Crippen molar-refractivity contribution in [1.82, 2.24) is 0 Å². The lowest BCUT2D eigenvalue weighted by Gasteiger charge is -2.12. The van der Waals surface area contributed by atoms with Gasteiger partial charge in [0.1, 0.15) is 0 Å². The monoisotopic (exact) mass is 192 g/mol. The Kier molecular flexibility index (Phi) is 2.95. The normalized spacial score (nSPS) is 11.9. The molecule has 1 atom stereocenters. The summed E-state index contributed by atoms with van der Waals surface area (Å²) in [5.74, 6) is 0.276. The van der Waals surface area contributed by atoms with Crippen molar-refractivity contribution in [2.75, 3.05) is 7.11 Å². The minimum absolute atomic E-state index is 0.0541. The third-order valence-corrected chi connectivity index (χ3v) is 1.98. The lowest BCUT2D eigenvalue weighted by Crippen LogP contribution is -2.08. The molecular formula is C10H12N2O2. The van der Waals surface area contributed by atoms with E-state index in [1.165, 1.54) is 7.11 Å². The first kappa shape index (κ1) is 10.4. The number of hydrogen-bond acceptors (Lipinski definition) is 4. The Bertz CT molecular complexity index is 380. The number of hydrogen-bond donors (Lipinski definition) is 2. The van der Waals surface area contributed by atoms with Gasteiger partial charge in [0.05, 0.1) is 18.7 Å². The van der Waals surface area contributed by atoms with Gasteiger partial charge in [0, 0.05) is 11.6 Å². The standard InChI is InChI=1S/C10H12N2O2/c1-6(12)9-7(5-11)3-4-8(14-2)10(9)13/h3-4,6,13H,12H2,1-2H3. The van der Waals surface area contributed by atoms with Crippen molar-refractivity contribution in [3.8, 4) is 17.6 Å². The van der Waals surface area contributed by atoms with Crippen molar-refractivity contribution in [3.63, 3.8) is 0 Å². The molecule has 0 aliphatic heterocycles. The van der Waals surface area contributed by atoms with Crippen molar-refractivity contribution >= 4 is 0 Å². The van der Waals surface area contributed by atoms with Crippen LogP contribution in [0.2, 0.25) is 0 Å². The van der Waals surface area contributed by atoms with Crippen LogP contribution < -0.4 is 10.5 Å². The van der Waals surface area contributed by atoms with Crippen LogP contribution >= 0.6 is 0 Å². The number of nitrogens with two attached hydrogens (primary N) is 1. The zero-order valence-corrected chi connectivity index (χ0v) is 8.11. The van der Waals surface area contributed by atoms with Gasteiger partial charge in [-0.3, -0.25) is 0 Å². The van der Waals surface area contributed by atoms with Crippen molar-refractivity contribution in [2.45, 2.75) is 13.0 Å². The SMILES string of the molecule is COc1ccc(C#N)c(C(C)N)c1O. The molecule has 0 bridgehead atoms. The average molecular weight is 192 g/mol. The van der Waals surface area contributed by atoms with Crippen molar-refractivity contribution in [1.29, 1.82) is 5.26 Å². The van der Waals surface area contributed by atoms with E-state index < -0.39 is 6.04 Å². The molecule has 0 aliphatic rings. The number of phenolic OH excluding ortho intramolecular Hbond substituents is 1. The third-order valence-electron chi connectivity index (χ3n) is 1.98. The van der Waals surface area contributed by atoms with E-state index in [1.54, 1.807) is 19.1 Å². The number of aromatic hydroxyl groups is 1. The first-order valence-corrected chi connectivity index (χ1v) is 4.17. The molecule has 0 fully saturated rings. The Morgan fingerprint density at radius 2 is 2.21 bits per heavy atom. The number of methoxy groups -OCH3 is 1. The first-order chi connectivity index (χ1) is 6.61. The second-order valence-electron chi connectivity index (χ2n) is 2.98. The molecule has 4 heteroatoms. The van der Waals surface area contributed by atoms with Gasteiger partial charge in [0.15, 0.2) is 11.5 Å². The van der Waals surface area contributed by atoms with Crippen LogP contribution in [0, 0.1) is 11.3 Å². The average Bonchev–Trinajstić information content (AvgIpc) is 2.16. The molecule has 3 N–H and O–H groups in total. The van der Waals surface area contributed by atoms with Crippen molar-refractivity contribution < 1.29 is 9.84 Å². The number of nitriles is 1. The number of rotatable bonds is 2. The Hall–Kier alpha value is -1.73. The van der Waals surface area contributed by atoms with Crippen molar-refractivity contribution in [2.24, 2.45) is 5.73 Å². The van der Waals surface area contributed by atoms with Crippen LogP contribution in [0.4, 0.5) is 0 Å². The molecule has 1 aromatic carbocycles. The van der Waals surface area contributed by atoms with Gasteiger partial charge in [-0.05, 0) is 19.1 Å². The molecule has 1 unspecified atom stereocenters. The molecule has 0 heterocycles. The molecule has 14 heavy (non-hydrogen) atoms. The molecule has 74 valence electrons. The van der Waals surface area contributed by atoms with E-state index in [0.29, 0.717) is 16.9 Å². The highest BCUT2D eigenvalue weighted by Crippen LogP contribution is 2.35. The van der Waals surface area contributed by atoms with Gasteiger partial charge < -0.3 is 15.6 Å². The van der Waals surface area contributed by atoms with E-state index in [0.717, 1.165) is 0 Å². The summed E-state index contributed by atoms with van der Waals surface area (Å²) in [6.07, 6.45) is 0. The van der Waals surface area contributed by atoms with E-state index >= 15 is 0 Å². The summed E-state index contributed by atoms with van der Waals surface area (Å²) in [4.78, 5) is 0. The van der Waals surface area contributed by atoms with Crippen molar-refractivity contribution in [3.05, 3.63) is 23.3 Å². The minimum atomic E-state index is -0.403. The van der Waals surface area contributed by atoms with Crippen LogP contribution in [0.15, 0.2) is 12.1 Å². The van der Waals surface area contributed by atoms with E-state index in [9.17, 15) is 5.11 Å². The summed E-state index contributed by atoms with van der Waals surface area (Å²) in [5.41, 5.74) is 6.44. The highest BCUT2D eigenvalue weighted by Gasteiger charge is 2.15. The summed E-state index contributed by atoms with van der Waals surface area (Å²) in [6.45, 7) is 1.70. The summed E-state index contributed by atoms with van der Waals surface area (Å²) in [5, 5.41) is 18.5. The zero-order chi connectivity index (χ0) is 10.7. The zero-order valence-electron chi connectivity index (χ0n) is 8.11. The van der Waals surface area contributed by atoms with Crippen LogP contribution in [-0.4, -0.2) is 12.2 Å². The quantitative estimate of drug-likeness (QED) is 0.740. The maximum absolute atomic E-state index is 9.72. The summed E-state index contributed by atoms with van der Waals surface area (Å²) in [7, 11) is 1.45. The van der Waals surface area contributed by atoms with E-state index in [1.807, 2.05) is 6.07 Å². The summed E-state index contributed by atoms with van der Waals surface area (Å²) >= 11 is 0. The molecule has 0 aromatic heterocycles. The van der Waals surface area contributed by atoms with Gasteiger partial charge >= 0.3 is 0 Å². The van der Waals surface area contributed by atoms with E-state index in [4.69, 9.17) is 15.7 Å². The summed E-state index contributed by atoms with van der Waals surface area (Å²) < 4.78 is 4.92. The number of ether oxygens (including phenoxy) is 1. The Balaban J connectivity index is 3.41. The lowest BCUT2D eigenvalue weighted by atomic mass is 10.0. The molecule has 0 saturated carbocycles. The van der Waals surface area contributed by atoms with E-state index in [2.05, 4.69) is 0 Å². The topological polar surface area (TPSA) is 79.3 Å².